The van der Waals surface area contributed by atoms with Gasteiger partial charge in [0.25, 0.3) is 5.91 Å². The van der Waals surface area contributed by atoms with E-state index < -0.39 is 0 Å². The van der Waals surface area contributed by atoms with Gasteiger partial charge >= 0.3 is 0 Å². The number of hydrogen-bond donors (Lipinski definition) is 0. The molecule has 0 unspecified atom stereocenters. The predicted molar refractivity (Wildman–Crippen MR) is 86.2 cm³/mol. The van der Waals surface area contributed by atoms with Gasteiger partial charge in [-0.05, 0) is 25.3 Å². The highest BCUT2D eigenvalue weighted by molar-refractivity contribution is 5.93. The van der Waals surface area contributed by atoms with E-state index in [1.54, 1.807) is 7.11 Å². The monoisotopic (exact) mass is 314 g/mol. The summed E-state index contributed by atoms with van der Waals surface area (Å²) in [7, 11) is 1.76. The number of nitrogens with zero attached hydrogens (tertiary/aromatic N) is 2. The second kappa shape index (κ2) is 6.96. The molecule has 122 valence electrons. The maximum atomic E-state index is 12.5. The van der Waals surface area contributed by atoms with Crippen LogP contribution in [0, 0.1) is 12.8 Å². The fourth-order valence-corrected chi connectivity index (χ4v) is 3.34. The average molecular weight is 314 g/mol. The van der Waals surface area contributed by atoms with Crippen molar-refractivity contribution in [1.82, 2.24) is 10.1 Å². The van der Waals surface area contributed by atoms with Crippen LogP contribution >= 0.6 is 0 Å². The normalized spacial score (nSPS) is 21.4. The average Bonchev–Trinajstić information content (AvgIpc) is 3.08. The van der Waals surface area contributed by atoms with Crippen molar-refractivity contribution >= 4 is 5.91 Å². The Morgan fingerprint density at radius 1 is 1.48 bits per heavy atom. The number of likely N-dealkylation sites (tertiary alicyclic amines) is 1. The van der Waals surface area contributed by atoms with Gasteiger partial charge in [-0.2, -0.15) is 0 Å². The van der Waals surface area contributed by atoms with Crippen molar-refractivity contribution in [3.63, 3.8) is 0 Å². The van der Waals surface area contributed by atoms with Crippen LogP contribution < -0.4 is 0 Å². The molecule has 1 fully saturated rings. The highest BCUT2D eigenvalue weighted by Gasteiger charge is 2.32. The van der Waals surface area contributed by atoms with E-state index in [2.05, 4.69) is 36.3 Å². The SMILES string of the molecule is CO[C@H]1CCN(C(=O)c2cnoc2)C[C@@H]1Cc1cccc(C)c1. The third-order valence-electron chi connectivity index (χ3n) is 4.51. The summed E-state index contributed by atoms with van der Waals surface area (Å²) in [5.74, 6) is 0.273. The number of rotatable bonds is 4. The number of aryl methyl sites for hydroxylation is 1. The van der Waals surface area contributed by atoms with Crippen molar-refractivity contribution in [2.75, 3.05) is 20.2 Å². The molecule has 5 nitrogen and oxygen atoms in total. The van der Waals surface area contributed by atoms with E-state index >= 15 is 0 Å². The summed E-state index contributed by atoms with van der Waals surface area (Å²) in [6.45, 7) is 3.49. The molecule has 23 heavy (non-hydrogen) atoms. The first-order valence-corrected chi connectivity index (χ1v) is 7.94. The number of carbonyl (C=O) groups is 1. The highest BCUT2D eigenvalue weighted by atomic mass is 16.5. The molecule has 1 saturated heterocycles. The zero-order valence-corrected chi connectivity index (χ0v) is 13.6. The first-order valence-electron chi connectivity index (χ1n) is 7.94. The molecule has 1 aromatic heterocycles. The van der Waals surface area contributed by atoms with Crippen molar-refractivity contribution in [1.29, 1.82) is 0 Å². The van der Waals surface area contributed by atoms with Crippen LogP contribution in [0.4, 0.5) is 0 Å². The minimum absolute atomic E-state index is 0.0185. The minimum Gasteiger partial charge on any atom is -0.381 e. The number of methoxy groups -OCH3 is 1. The fraction of sp³-hybridized carbons (Fsp3) is 0.444. The quantitative estimate of drug-likeness (QED) is 0.870. The van der Waals surface area contributed by atoms with E-state index in [-0.39, 0.29) is 12.0 Å². The molecule has 2 heterocycles. The number of amides is 1. The van der Waals surface area contributed by atoms with Gasteiger partial charge in [0.1, 0.15) is 6.26 Å². The molecule has 0 bridgehead atoms. The Morgan fingerprint density at radius 2 is 2.35 bits per heavy atom. The van der Waals surface area contributed by atoms with Crippen LogP contribution in [0.1, 0.15) is 27.9 Å². The minimum atomic E-state index is -0.0185. The third kappa shape index (κ3) is 3.62. The number of ether oxygens (including phenoxy) is 1. The molecule has 0 saturated carbocycles. The van der Waals surface area contributed by atoms with E-state index in [4.69, 9.17) is 9.26 Å². The molecule has 2 aromatic rings. The summed E-state index contributed by atoms with van der Waals surface area (Å²) in [5.41, 5.74) is 3.05. The fourth-order valence-electron chi connectivity index (χ4n) is 3.34. The first-order chi connectivity index (χ1) is 11.2. The number of aromatic nitrogens is 1. The van der Waals surface area contributed by atoms with E-state index in [9.17, 15) is 4.79 Å². The zero-order chi connectivity index (χ0) is 16.2. The van der Waals surface area contributed by atoms with Gasteiger partial charge in [-0.1, -0.05) is 35.0 Å². The molecule has 0 radical (unpaired) electrons. The predicted octanol–water partition coefficient (Wildman–Crippen LogP) is 2.70. The lowest BCUT2D eigenvalue weighted by molar-refractivity contribution is -0.00301. The lowest BCUT2D eigenvalue weighted by Gasteiger charge is -2.37. The van der Waals surface area contributed by atoms with Gasteiger partial charge < -0.3 is 14.2 Å². The Balaban J connectivity index is 1.72. The van der Waals surface area contributed by atoms with Crippen LogP contribution in [-0.2, 0) is 11.2 Å². The van der Waals surface area contributed by atoms with Crippen molar-refractivity contribution in [2.24, 2.45) is 5.92 Å². The van der Waals surface area contributed by atoms with Gasteiger partial charge in [0.2, 0.25) is 0 Å². The summed E-state index contributed by atoms with van der Waals surface area (Å²) >= 11 is 0. The molecule has 5 heteroatoms. The first kappa shape index (κ1) is 15.7. The maximum absolute atomic E-state index is 12.5. The third-order valence-corrected chi connectivity index (χ3v) is 4.51. The van der Waals surface area contributed by atoms with Crippen LogP contribution in [0.3, 0.4) is 0 Å². The second-order valence-electron chi connectivity index (χ2n) is 6.18. The van der Waals surface area contributed by atoms with Gasteiger partial charge in [0.15, 0.2) is 0 Å². The topological polar surface area (TPSA) is 55.6 Å². The smallest absolute Gasteiger partial charge is 0.258 e. The number of hydrogen-bond acceptors (Lipinski definition) is 4. The van der Waals surface area contributed by atoms with E-state index in [0.29, 0.717) is 24.6 Å². The summed E-state index contributed by atoms with van der Waals surface area (Å²) in [5, 5.41) is 3.62. The maximum Gasteiger partial charge on any atom is 0.258 e. The summed E-state index contributed by atoms with van der Waals surface area (Å²) < 4.78 is 10.4. The lowest BCUT2D eigenvalue weighted by atomic mass is 9.88. The van der Waals surface area contributed by atoms with Crippen molar-refractivity contribution < 1.29 is 14.1 Å². The van der Waals surface area contributed by atoms with Crippen LogP contribution in [0.15, 0.2) is 41.2 Å². The lowest BCUT2D eigenvalue weighted by Crippen LogP contribution is -2.47. The van der Waals surface area contributed by atoms with E-state index in [1.165, 1.54) is 23.6 Å². The summed E-state index contributed by atoms with van der Waals surface area (Å²) in [6.07, 6.45) is 4.82. The molecule has 1 amide bonds. The van der Waals surface area contributed by atoms with Gasteiger partial charge in [0.05, 0.1) is 17.9 Å². The van der Waals surface area contributed by atoms with E-state index in [0.717, 1.165) is 12.8 Å². The molecule has 1 aromatic carbocycles. The molecule has 0 aliphatic carbocycles. The molecule has 2 atom stereocenters. The molecule has 1 aliphatic heterocycles. The zero-order valence-electron chi connectivity index (χ0n) is 13.6. The molecule has 3 rings (SSSR count). The largest absolute Gasteiger partial charge is 0.381 e. The Morgan fingerprint density at radius 3 is 3.04 bits per heavy atom. The van der Waals surface area contributed by atoms with Crippen molar-refractivity contribution in [3.8, 4) is 0 Å². The molecule has 1 aliphatic rings. The number of piperidine rings is 1. The van der Waals surface area contributed by atoms with Gasteiger partial charge in [-0.3, -0.25) is 4.79 Å². The standard InChI is InChI=1S/C18H22N2O3/c1-13-4-3-5-14(8-13)9-15-11-20(7-6-17(15)22-2)18(21)16-10-19-23-12-16/h3-5,8,10,12,15,17H,6-7,9,11H2,1-2H3/t15-,17-/m0/s1. The van der Waals surface area contributed by atoms with E-state index in [1.807, 2.05) is 4.90 Å². The highest BCUT2D eigenvalue weighted by Crippen LogP contribution is 2.25. The molecule has 0 spiro atoms. The second-order valence-corrected chi connectivity index (χ2v) is 6.18. The molecular formula is C18H22N2O3. The van der Waals surface area contributed by atoms with Gasteiger partial charge in [-0.15, -0.1) is 0 Å². The van der Waals surface area contributed by atoms with Crippen LogP contribution in [0.5, 0.6) is 0 Å². The Hall–Kier alpha value is -2.14. The Kier molecular flexibility index (Phi) is 4.76. The van der Waals surface area contributed by atoms with Gasteiger partial charge in [0, 0.05) is 26.1 Å². The summed E-state index contributed by atoms with van der Waals surface area (Å²) in [6, 6.07) is 8.52. The van der Waals surface area contributed by atoms with Crippen LogP contribution in [0.2, 0.25) is 0 Å². The molecular weight excluding hydrogens is 292 g/mol. The number of carbonyl (C=O) groups excluding carboxylic acids is 1. The number of benzene rings is 1. The summed E-state index contributed by atoms with van der Waals surface area (Å²) in [4.78, 5) is 14.4. The molecule has 0 N–H and O–H groups in total. The Labute approximate surface area is 136 Å². The van der Waals surface area contributed by atoms with Crippen molar-refractivity contribution in [3.05, 3.63) is 53.4 Å². The van der Waals surface area contributed by atoms with Crippen molar-refractivity contribution in [2.45, 2.75) is 25.9 Å². The van der Waals surface area contributed by atoms with Crippen LogP contribution in [-0.4, -0.2) is 42.3 Å². The van der Waals surface area contributed by atoms with Crippen LogP contribution in [0.25, 0.3) is 0 Å². The van der Waals surface area contributed by atoms with Gasteiger partial charge in [-0.25, -0.2) is 0 Å². The Bertz CT molecular complexity index is 654.